The summed E-state index contributed by atoms with van der Waals surface area (Å²) < 4.78 is 5.09. The van der Waals surface area contributed by atoms with Gasteiger partial charge in [-0.2, -0.15) is 0 Å². The molecule has 0 saturated carbocycles. The molecule has 0 atom stereocenters. The number of halogens is 1. The Hall–Kier alpha value is -1.65. The molecule has 0 bridgehead atoms. The van der Waals surface area contributed by atoms with Crippen LogP contribution in [0.1, 0.15) is 10.4 Å². The Morgan fingerprint density at radius 1 is 1.16 bits per heavy atom. The fourth-order valence-electron chi connectivity index (χ4n) is 1.51. The van der Waals surface area contributed by atoms with Gasteiger partial charge >= 0.3 is 5.97 Å². The standard InChI is InChI=1S/C14H11ClO3S/c1-18-13-7-6-11(8-12(13)15)19-10-4-2-9(3-5-10)14(16)17/h2-8H,1H3,(H,16,17). The molecule has 0 unspecified atom stereocenters. The van der Waals surface area contributed by atoms with Crippen LogP contribution in [0.25, 0.3) is 0 Å². The van der Waals surface area contributed by atoms with Crippen LogP contribution in [0.15, 0.2) is 52.3 Å². The third-order valence-electron chi connectivity index (χ3n) is 2.46. The first-order valence-electron chi connectivity index (χ1n) is 5.45. The van der Waals surface area contributed by atoms with Gasteiger partial charge in [-0.1, -0.05) is 23.4 Å². The van der Waals surface area contributed by atoms with E-state index in [0.717, 1.165) is 9.79 Å². The zero-order valence-corrected chi connectivity index (χ0v) is 11.7. The molecule has 19 heavy (non-hydrogen) atoms. The molecule has 0 amide bonds. The fourth-order valence-corrected chi connectivity index (χ4v) is 2.69. The highest BCUT2D eigenvalue weighted by Gasteiger charge is 2.05. The Kier molecular flexibility index (Phi) is 4.35. The van der Waals surface area contributed by atoms with Crippen molar-refractivity contribution in [2.24, 2.45) is 0 Å². The Morgan fingerprint density at radius 2 is 1.79 bits per heavy atom. The van der Waals surface area contributed by atoms with E-state index in [4.69, 9.17) is 21.4 Å². The lowest BCUT2D eigenvalue weighted by atomic mass is 10.2. The maximum atomic E-state index is 10.7. The monoisotopic (exact) mass is 294 g/mol. The first kappa shape index (κ1) is 13.8. The van der Waals surface area contributed by atoms with Crippen molar-refractivity contribution in [3.05, 3.63) is 53.1 Å². The molecule has 98 valence electrons. The normalized spacial score (nSPS) is 10.2. The lowest BCUT2D eigenvalue weighted by Crippen LogP contribution is -1.94. The van der Waals surface area contributed by atoms with Gasteiger partial charge in [-0.25, -0.2) is 4.79 Å². The van der Waals surface area contributed by atoms with E-state index >= 15 is 0 Å². The second kappa shape index (κ2) is 5.99. The highest BCUT2D eigenvalue weighted by atomic mass is 35.5. The molecular weight excluding hydrogens is 284 g/mol. The summed E-state index contributed by atoms with van der Waals surface area (Å²) in [6, 6.07) is 12.2. The lowest BCUT2D eigenvalue weighted by Gasteiger charge is -2.06. The quantitative estimate of drug-likeness (QED) is 0.918. The molecule has 5 heteroatoms. The molecular formula is C14H11ClO3S. The molecule has 2 aromatic carbocycles. The van der Waals surface area contributed by atoms with Crippen LogP contribution in [0.5, 0.6) is 5.75 Å². The smallest absolute Gasteiger partial charge is 0.335 e. The lowest BCUT2D eigenvalue weighted by molar-refractivity contribution is 0.0697. The minimum absolute atomic E-state index is 0.275. The van der Waals surface area contributed by atoms with Gasteiger partial charge in [0.05, 0.1) is 17.7 Å². The number of carboxylic acids is 1. The summed E-state index contributed by atoms with van der Waals surface area (Å²) in [5.74, 6) is -0.295. The van der Waals surface area contributed by atoms with Gasteiger partial charge in [0.1, 0.15) is 5.75 Å². The third-order valence-corrected chi connectivity index (χ3v) is 3.75. The summed E-state index contributed by atoms with van der Waals surface area (Å²) in [5.41, 5.74) is 0.275. The number of hydrogen-bond donors (Lipinski definition) is 1. The van der Waals surface area contributed by atoms with Crippen molar-refractivity contribution in [1.82, 2.24) is 0 Å². The average Bonchev–Trinajstić information content (AvgIpc) is 2.39. The van der Waals surface area contributed by atoms with Crippen LogP contribution in [0, 0.1) is 0 Å². The van der Waals surface area contributed by atoms with E-state index in [1.165, 1.54) is 11.8 Å². The van der Waals surface area contributed by atoms with Crippen molar-refractivity contribution in [2.45, 2.75) is 9.79 Å². The maximum Gasteiger partial charge on any atom is 0.335 e. The average molecular weight is 295 g/mol. The van der Waals surface area contributed by atoms with Gasteiger partial charge < -0.3 is 9.84 Å². The van der Waals surface area contributed by atoms with E-state index in [0.29, 0.717) is 10.8 Å². The molecule has 0 fully saturated rings. The van der Waals surface area contributed by atoms with Crippen molar-refractivity contribution in [3.63, 3.8) is 0 Å². The Bertz CT molecular complexity index is 596. The Labute approximate surface area is 120 Å². The molecule has 0 spiro atoms. The zero-order chi connectivity index (χ0) is 13.8. The minimum Gasteiger partial charge on any atom is -0.495 e. The van der Waals surface area contributed by atoms with Crippen LogP contribution >= 0.6 is 23.4 Å². The molecule has 0 aliphatic heterocycles. The highest BCUT2D eigenvalue weighted by molar-refractivity contribution is 7.99. The van der Waals surface area contributed by atoms with E-state index in [9.17, 15) is 4.79 Å². The molecule has 0 aromatic heterocycles. The fraction of sp³-hybridized carbons (Fsp3) is 0.0714. The Balaban J connectivity index is 2.16. The van der Waals surface area contributed by atoms with Gasteiger partial charge in [0.15, 0.2) is 0 Å². The van der Waals surface area contributed by atoms with Crippen molar-refractivity contribution in [3.8, 4) is 5.75 Å². The maximum absolute atomic E-state index is 10.7. The molecule has 2 aromatic rings. The van der Waals surface area contributed by atoms with Gasteiger partial charge in [0.2, 0.25) is 0 Å². The highest BCUT2D eigenvalue weighted by Crippen LogP contribution is 2.33. The van der Waals surface area contributed by atoms with E-state index in [-0.39, 0.29) is 5.56 Å². The number of methoxy groups -OCH3 is 1. The number of carbonyl (C=O) groups is 1. The van der Waals surface area contributed by atoms with Crippen LogP contribution in [0.4, 0.5) is 0 Å². The van der Waals surface area contributed by atoms with E-state index in [2.05, 4.69) is 0 Å². The molecule has 1 N–H and O–H groups in total. The number of benzene rings is 2. The molecule has 0 saturated heterocycles. The first-order chi connectivity index (χ1) is 9.10. The third kappa shape index (κ3) is 3.43. The van der Waals surface area contributed by atoms with Crippen LogP contribution < -0.4 is 4.74 Å². The molecule has 2 rings (SSSR count). The number of carboxylic acid groups (broad SMARTS) is 1. The summed E-state index contributed by atoms with van der Waals surface area (Å²) in [7, 11) is 1.57. The number of aromatic carboxylic acids is 1. The van der Waals surface area contributed by atoms with Gasteiger partial charge in [-0.15, -0.1) is 0 Å². The number of ether oxygens (including phenoxy) is 1. The second-order valence-corrected chi connectivity index (χ2v) is 5.28. The summed E-state index contributed by atoms with van der Waals surface area (Å²) in [5, 5.41) is 9.37. The SMILES string of the molecule is COc1ccc(Sc2ccc(C(=O)O)cc2)cc1Cl. The first-order valence-corrected chi connectivity index (χ1v) is 6.64. The van der Waals surface area contributed by atoms with Crippen molar-refractivity contribution in [2.75, 3.05) is 7.11 Å². The summed E-state index contributed by atoms with van der Waals surface area (Å²) in [6.45, 7) is 0. The van der Waals surface area contributed by atoms with Gasteiger partial charge in [0.25, 0.3) is 0 Å². The van der Waals surface area contributed by atoms with E-state index in [1.807, 2.05) is 12.1 Å². The van der Waals surface area contributed by atoms with Crippen molar-refractivity contribution >= 4 is 29.3 Å². The van der Waals surface area contributed by atoms with Crippen molar-refractivity contribution in [1.29, 1.82) is 0 Å². The van der Waals surface area contributed by atoms with Crippen molar-refractivity contribution < 1.29 is 14.6 Å². The van der Waals surface area contributed by atoms with Gasteiger partial charge in [-0.05, 0) is 42.5 Å². The zero-order valence-electron chi connectivity index (χ0n) is 10.1. The largest absolute Gasteiger partial charge is 0.495 e. The topological polar surface area (TPSA) is 46.5 Å². The number of rotatable bonds is 4. The van der Waals surface area contributed by atoms with Crippen LogP contribution in [0.3, 0.4) is 0 Å². The van der Waals surface area contributed by atoms with E-state index in [1.54, 1.807) is 37.4 Å². The summed E-state index contributed by atoms with van der Waals surface area (Å²) in [4.78, 5) is 12.7. The molecule has 0 aliphatic carbocycles. The van der Waals surface area contributed by atoms with Gasteiger partial charge in [0, 0.05) is 9.79 Å². The van der Waals surface area contributed by atoms with Crippen LogP contribution in [-0.4, -0.2) is 18.2 Å². The molecule has 0 aliphatic rings. The van der Waals surface area contributed by atoms with E-state index < -0.39 is 5.97 Å². The second-order valence-electron chi connectivity index (χ2n) is 3.73. The summed E-state index contributed by atoms with van der Waals surface area (Å²) >= 11 is 7.55. The summed E-state index contributed by atoms with van der Waals surface area (Å²) in [6.07, 6.45) is 0. The molecule has 0 heterocycles. The minimum atomic E-state index is -0.927. The predicted molar refractivity (Wildman–Crippen MR) is 75.5 cm³/mol. The Morgan fingerprint density at radius 3 is 2.32 bits per heavy atom. The van der Waals surface area contributed by atoms with Crippen LogP contribution in [0.2, 0.25) is 5.02 Å². The number of hydrogen-bond acceptors (Lipinski definition) is 3. The van der Waals surface area contributed by atoms with Gasteiger partial charge in [-0.3, -0.25) is 0 Å². The predicted octanol–water partition coefficient (Wildman–Crippen LogP) is 4.20. The van der Waals surface area contributed by atoms with Crippen LogP contribution in [-0.2, 0) is 0 Å². The molecule has 0 radical (unpaired) electrons. The molecule has 3 nitrogen and oxygen atoms in total.